The zero-order valence-corrected chi connectivity index (χ0v) is 14.2. The molecule has 1 aromatic heterocycles. The lowest BCUT2D eigenvalue weighted by atomic mass is 9.90. The van der Waals surface area contributed by atoms with E-state index in [-0.39, 0.29) is 17.6 Å². The van der Waals surface area contributed by atoms with Crippen LogP contribution in [0.5, 0.6) is 0 Å². The second-order valence-electron chi connectivity index (χ2n) is 6.17. The normalized spacial score (nSPS) is 17.2. The SMILES string of the molecule is CC(C)C(C)(C#N)NC(=O)CSc1nnc2n1CCCCC2. The third-order valence-electron chi connectivity index (χ3n) is 4.19. The van der Waals surface area contributed by atoms with Gasteiger partial charge in [-0.05, 0) is 25.7 Å². The van der Waals surface area contributed by atoms with Crippen LogP contribution in [0.2, 0.25) is 0 Å². The van der Waals surface area contributed by atoms with Crippen molar-refractivity contribution < 1.29 is 4.79 Å². The van der Waals surface area contributed by atoms with E-state index in [1.165, 1.54) is 18.2 Å². The van der Waals surface area contributed by atoms with Gasteiger partial charge in [-0.25, -0.2) is 0 Å². The van der Waals surface area contributed by atoms with Gasteiger partial charge in [0.2, 0.25) is 5.91 Å². The van der Waals surface area contributed by atoms with Crippen molar-refractivity contribution in [2.45, 2.75) is 63.7 Å². The second kappa shape index (κ2) is 7.14. The quantitative estimate of drug-likeness (QED) is 0.840. The highest BCUT2D eigenvalue weighted by Crippen LogP contribution is 2.22. The second-order valence-corrected chi connectivity index (χ2v) is 7.11. The van der Waals surface area contributed by atoms with Crippen molar-refractivity contribution in [2.75, 3.05) is 5.75 Å². The standard InChI is InChI=1S/C15H23N5OS/c1-11(2)15(3,10-16)17-13(21)9-22-14-19-18-12-7-5-4-6-8-20(12)14/h11H,4-9H2,1-3H3,(H,17,21). The third-order valence-corrected chi connectivity index (χ3v) is 5.16. The van der Waals surface area contributed by atoms with Gasteiger partial charge in [0.15, 0.2) is 5.16 Å². The van der Waals surface area contributed by atoms with Gasteiger partial charge in [0.05, 0.1) is 11.8 Å². The molecule has 7 heteroatoms. The van der Waals surface area contributed by atoms with E-state index in [4.69, 9.17) is 0 Å². The Bertz CT molecular complexity index is 577. The van der Waals surface area contributed by atoms with Crippen molar-refractivity contribution in [1.29, 1.82) is 5.26 Å². The van der Waals surface area contributed by atoms with E-state index in [1.807, 2.05) is 13.8 Å². The number of nitrogens with zero attached hydrogens (tertiary/aromatic N) is 4. The first-order chi connectivity index (χ1) is 10.5. The van der Waals surface area contributed by atoms with Crippen molar-refractivity contribution >= 4 is 17.7 Å². The van der Waals surface area contributed by atoms with Crippen molar-refractivity contribution in [3.63, 3.8) is 0 Å². The first kappa shape index (κ1) is 16.8. The highest BCUT2D eigenvalue weighted by Gasteiger charge is 2.30. The zero-order valence-electron chi connectivity index (χ0n) is 13.4. The fourth-order valence-electron chi connectivity index (χ4n) is 2.32. The highest BCUT2D eigenvalue weighted by atomic mass is 32.2. The van der Waals surface area contributed by atoms with Gasteiger partial charge in [0.25, 0.3) is 0 Å². The molecule has 1 aliphatic heterocycles. The van der Waals surface area contributed by atoms with E-state index >= 15 is 0 Å². The maximum atomic E-state index is 12.1. The van der Waals surface area contributed by atoms with E-state index < -0.39 is 5.54 Å². The molecule has 1 N–H and O–H groups in total. The van der Waals surface area contributed by atoms with Gasteiger partial charge in [0.1, 0.15) is 11.4 Å². The maximum absolute atomic E-state index is 12.1. The van der Waals surface area contributed by atoms with Crippen molar-refractivity contribution in [1.82, 2.24) is 20.1 Å². The number of aryl methyl sites for hydroxylation is 1. The first-order valence-corrected chi connectivity index (χ1v) is 8.72. The van der Waals surface area contributed by atoms with Gasteiger partial charge >= 0.3 is 0 Å². The van der Waals surface area contributed by atoms with E-state index in [0.29, 0.717) is 0 Å². The minimum atomic E-state index is -0.834. The number of nitrogens with one attached hydrogen (secondary N) is 1. The van der Waals surface area contributed by atoms with Crippen LogP contribution in [0.1, 0.15) is 45.9 Å². The van der Waals surface area contributed by atoms with Crippen LogP contribution < -0.4 is 5.32 Å². The van der Waals surface area contributed by atoms with Crippen molar-refractivity contribution in [3.8, 4) is 6.07 Å². The molecule has 120 valence electrons. The largest absolute Gasteiger partial charge is 0.337 e. The number of hydrogen-bond acceptors (Lipinski definition) is 5. The third kappa shape index (κ3) is 3.80. The highest BCUT2D eigenvalue weighted by molar-refractivity contribution is 7.99. The molecule has 0 saturated carbocycles. The summed E-state index contributed by atoms with van der Waals surface area (Å²) in [6, 6.07) is 2.19. The molecule has 1 atom stereocenters. The summed E-state index contributed by atoms with van der Waals surface area (Å²) < 4.78 is 2.12. The van der Waals surface area contributed by atoms with Crippen LogP contribution in [0.25, 0.3) is 0 Å². The zero-order chi connectivity index (χ0) is 16.2. The van der Waals surface area contributed by atoms with Crippen LogP contribution in [-0.4, -0.2) is 32.0 Å². The molecule has 22 heavy (non-hydrogen) atoms. The average Bonchev–Trinajstić information content (AvgIpc) is 2.71. The van der Waals surface area contributed by atoms with E-state index in [2.05, 4.69) is 26.2 Å². The van der Waals surface area contributed by atoms with Gasteiger partial charge in [-0.15, -0.1) is 10.2 Å². The predicted octanol–water partition coefficient (Wildman–Crippen LogP) is 2.15. The molecule has 1 aromatic rings. The molecule has 0 bridgehead atoms. The lowest BCUT2D eigenvalue weighted by Gasteiger charge is -2.27. The Morgan fingerprint density at radius 3 is 2.91 bits per heavy atom. The number of hydrogen-bond donors (Lipinski definition) is 1. The average molecular weight is 321 g/mol. The summed E-state index contributed by atoms with van der Waals surface area (Å²) in [4.78, 5) is 12.1. The number of nitriles is 1. The van der Waals surface area contributed by atoms with Crippen LogP contribution in [0.15, 0.2) is 5.16 Å². The molecule has 0 aliphatic carbocycles. The fraction of sp³-hybridized carbons (Fsp3) is 0.733. The van der Waals surface area contributed by atoms with Crippen LogP contribution in [-0.2, 0) is 17.8 Å². The molecule has 1 aliphatic rings. The molecule has 2 heterocycles. The molecule has 0 saturated heterocycles. The molecule has 0 aromatic carbocycles. The molecule has 0 radical (unpaired) electrons. The van der Waals surface area contributed by atoms with Crippen LogP contribution >= 0.6 is 11.8 Å². The number of aromatic nitrogens is 3. The maximum Gasteiger partial charge on any atom is 0.231 e. The summed E-state index contributed by atoms with van der Waals surface area (Å²) in [6.07, 6.45) is 4.45. The molecular formula is C15H23N5OS. The smallest absolute Gasteiger partial charge is 0.231 e. The Balaban J connectivity index is 1.95. The molecular weight excluding hydrogens is 298 g/mol. The Morgan fingerprint density at radius 2 is 2.23 bits per heavy atom. The topological polar surface area (TPSA) is 83.6 Å². The molecule has 0 fully saturated rings. The number of carbonyl (C=O) groups is 1. The lowest BCUT2D eigenvalue weighted by molar-refractivity contribution is -0.120. The minimum Gasteiger partial charge on any atom is -0.337 e. The first-order valence-electron chi connectivity index (χ1n) is 7.73. The summed E-state index contributed by atoms with van der Waals surface area (Å²) in [5.41, 5.74) is -0.834. The van der Waals surface area contributed by atoms with Crippen LogP contribution in [0, 0.1) is 17.2 Å². The van der Waals surface area contributed by atoms with Gasteiger partial charge < -0.3 is 9.88 Å². The Hall–Kier alpha value is -1.55. The predicted molar refractivity (Wildman–Crippen MR) is 85.3 cm³/mol. The number of carbonyl (C=O) groups excluding carboxylic acids is 1. The Kier molecular flexibility index (Phi) is 5.46. The molecule has 1 amide bonds. The van der Waals surface area contributed by atoms with E-state index in [0.717, 1.165) is 36.8 Å². The lowest BCUT2D eigenvalue weighted by Crippen LogP contribution is -2.49. The number of fused-ring (bicyclic) bond motifs is 1. The van der Waals surface area contributed by atoms with Crippen LogP contribution in [0.4, 0.5) is 0 Å². The van der Waals surface area contributed by atoms with Crippen molar-refractivity contribution in [2.24, 2.45) is 5.92 Å². The van der Waals surface area contributed by atoms with E-state index in [1.54, 1.807) is 6.92 Å². The summed E-state index contributed by atoms with van der Waals surface area (Å²) in [6.45, 7) is 6.53. The summed E-state index contributed by atoms with van der Waals surface area (Å²) in [5, 5.41) is 21.3. The van der Waals surface area contributed by atoms with Gasteiger partial charge in [0, 0.05) is 13.0 Å². The molecule has 0 spiro atoms. The van der Waals surface area contributed by atoms with Crippen molar-refractivity contribution in [3.05, 3.63) is 5.82 Å². The Morgan fingerprint density at radius 1 is 1.45 bits per heavy atom. The minimum absolute atomic E-state index is 0.0517. The fourth-order valence-corrected chi connectivity index (χ4v) is 3.11. The van der Waals surface area contributed by atoms with Gasteiger partial charge in [-0.3, -0.25) is 4.79 Å². The van der Waals surface area contributed by atoms with Gasteiger partial charge in [-0.1, -0.05) is 32.0 Å². The molecule has 1 unspecified atom stereocenters. The number of thioether (sulfide) groups is 1. The monoisotopic (exact) mass is 321 g/mol. The summed E-state index contributed by atoms with van der Waals surface area (Å²) >= 11 is 1.39. The summed E-state index contributed by atoms with van der Waals surface area (Å²) in [5.74, 6) is 1.18. The summed E-state index contributed by atoms with van der Waals surface area (Å²) in [7, 11) is 0. The van der Waals surface area contributed by atoms with Gasteiger partial charge in [-0.2, -0.15) is 5.26 Å². The molecule has 2 rings (SSSR count). The Labute approximate surface area is 135 Å². The number of amides is 1. The molecule has 6 nitrogen and oxygen atoms in total. The number of rotatable bonds is 5. The van der Waals surface area contributed by atoms with E-state index in [9.17, 15) is 10.1 Å². The van der Waals surface area contributed by atoms with Crippen LogP contribution in [0.3, 0.4) is 0 Å².